The zero-order valence-corrected chi connectivity index (χ0v) is 14.2. The molecular formula is C18H28N2S. The standard InChI is InChI=1S/C18H28N2S/c1-3-11-19-12-6-8-16-15-20(13-7-14-21-2)18-10-5-4-9-17(16)18/h4-5,9-10,15,19H,3,6-8,11-14H2,1-2H3. The molecule has 0 radical (unpaired) electrons. The Morgan fingerprint density at radius 3 is 2.81 bits per heavy atom. The van der Waals surface area contributed by atoms with Gasteiger partial charge in [-0.1, -0.05) is 25.1 Å². The number of benzene rings is 1. The first-order valence-electron chi connectivity index (χ1n) is 8.13. The molecule has 3 heteroatoms. The number of aryl methyl sites for hydroxylation is 2. The number of thioether (sulfide) groups is 1. The molecule has 116 valence electrons. The second-order valence-electron chi connectivity index (χ2n) is 5.56. The van der Waals surface area contributed by atoms with Crippen LogP contribution in [0.5, 0.6) is 0 Å². The lowest BCUT2D eigenvalue weighted by Crippen LogP contribution is -2.16. The number of para-hydroxylation sites is 1. The maximum atomic E-state index is 3.49. The minimum absolute atomic E-state index is 1.12. The molecular weight excluding hydrogens is 276 g/mol. The highest BCUT2D eigenvalue weighted by Crippen LogP contribution is 2.23. The zero-order chi connectivity index (χ0) is 14.9. The van der Waals surface area contributed by atoms with Crippen LogP contribution in [0.2, 0.25) is 0 Å². The Kier molecular flexibility index (Phi) is 7.17. The highest BCUT2D eigenvalue weighted by molar-refractivity contribution is 7.98. The largest absolute Gasteiger partial charge is 0.347 e. The van der Waals surface area contributed by atoms with Gasteiger partial charge in [0.15, 0.2) is 0 Å². The lowest BCUT2D eigenvalue weighted by molar-refractivity contribution is 0.639. The smallest absolute Gasteiger partial charge is 0.0483 e. The van der Waals surface area contributed by atoms with Crippen LogP contribution in [0.4, 0.5) is 0 Å². The summed E-state index contributed by atoms with van der Waals surface area (Å²) in [5, 5.41) is 4.93. The van der Waals surface area contributed by atoms with Crippen LogP contribution < -0.4 is 5.32 Å². The van der Waals surface area contributed by atoms with E-state index in [2.05, 4.69) is 53.5 Å². The first kappa shape index (κ1) is 16.4. The van der Waals surface area contributed by atoms with Crippen molar-refractivity contribution in [3.63, 3.8) is 0 Å². The molecule has 0 amide bonds. The highest BCUT2D eigenvalue weighted by Gasteiger charge is 2.07. The van der Waals surface area contributed by atoms with Crippen molar-refractivity contribution in [2.75, 3.05) is 25.1 Å². The van der Waals surface area contributed by atoms with Crippen molar-refractivity contribution < 1.29 is 0 Å². The SMILES string of the molecule is CCCNCCCc1cn(CCCSC)c2ccccc12. The Labute approximate surface area is 133 Å². The summed E-state index contributed by atoms with van der Waals surface area (Å²) in [5.74, 6) is 1.24. The fourth-order valence-corrected chi connectivity index (χ4v) is 3.21. The van der Waals surface area contributed by atoms with Gasteiger partial charge in [0.2, 0.25) is 0 Å². The van der Waals surface area contributed by atoms with Gasteiger partial charge in [0.1, 0.15) is 0 Å². The second kappa shape index (κ2) is 9.16. The molecule has 0 aliphatic heterocycles. The Bertz CT molecular complexity index is 533. The van der Waals surface area contributed by atoms with Gasteiger partial charge in [-0.25, -0.2) is 0 Å². The molecule has 0 bridgehead atoms. The van der Waals surface area contributed by atoms with Crippen LogP contribution in [-0.4, -0.2) is 29.7 Å². The second-order valence-corrected chi connectivity index (χ2v) is 6.55. The van der Waals surface area contributed by atoms with Crippen LogP contribution in [0, 0.1) is 0 Å². The number of hydrogen-bond acceptors (Lipinski definition) is 2. The molecule has 1 aromatic carbocycles. The number of rotatable bonds is 10. The van der Waals surface area contributed by atoms with Crippen LogP contribution in [0.25, 0.3) is 10.9 Å². The van der Waals surface area contributed by atoms with Gasteiger partial charge in [-0.15, -0.1) is 0 Å². The van der Waals surface area contributed by atoms with Gasteiger partial charge < -0.3 is 9.88 Å². The molecule has 21 heavy (non-hydrogen) atoms. The molecule has 0 saturated carbocycles. The molecule has 0 unspecified atom stereocenters. The van der Waals surface area contributed by atoms with E-state index in [1.54, 1.807) is 0 Å². The predicted molar refractivity (Wildman–Crippen MR) is 96.4 cm³/mol. The van der Waals surface area contributed by atoms with Crippen molar-refractivity contribution in [3.8, 4) is 0 Å². The molecule has 1 aromatic heterocycles. The Morgan fingerprint density at radius 2 is 2.00 bits per heavy atom. The quantitative estimate of drug-likeness (QED) is 0.658. The number of hydrogen-bond donors (Lipinski definition) is 1. The minimum atomic E-state index is 1.12. The van der Waals surface area contributed by atoms with Crippen molar-refractivity contribution >= 4 is 22.7 Å². The summed E-state index contributed by atoms with van der Waals surface area (Å²) in [4.78, 5) is 0. The van der Waals surface area contributed by atoms with E-state index in [0.717, 1.165) is 19.6 Å². The fraction of sp³-hybridized carbons (Fsp3) is 0.556. The average Bonchev–Trinajstić information content (AvgIpc) is 2.86. The Balaban J connectivity index is 2.01. The summed E-state index contributed by atoms with van der Waals surface area (Å²) >= 11 is 1.93. The van der Waals surface area contributed by atoms with Crippen LogP contribution in [0.3, 0.4) is 0 Å². The third-order valence-corrected chi connectivity index (χ3v) is 4.54. The topological polar surface area (TPSA) is 17.0 Å². The maximum absolute atomic E-state index is 3.49. The number of nitrogens with one attached hydrogen (secondary N) is 1. The predicted octanol–water partition coefficient (Wildman–Crippen LogP) is 4.33. The first-order valence-corrected chi connectivity index (χ1v) is 9.52. The van der Waals surface area contributed by atoms with E-state index >= 15 is 0 Å². The molecule has 0 saturated heterocycles. The molecule has 2 nitrogen and oxygen atoms in total. The van der Waals surface area contributed by atoms with E-state index in [4.69, 9.17) is 0 Å². The molecule has 0 spiro atoms. The van der Waals surface area contributed by atoms with Crippen LogP contribution in [0.15, 0.2) is 30.5 Å². The molecule has 0 aliphatic carbocycles. The molecule has 1 heterocycles. The van der Waals surface area contributed by atoms with Gasteiger partial charge in [-0.2, -0.15) is 11.8 Å². The van der Waals surface area contributed by atoms with E-state index in [-0.39, 0.29) is 0 Å². The van der Waals surface area contributed by atoms with Crippen molar-refractivity contribution in [3.05, 3.63) is 36.0 Å². The van der Waals surface area contributed by atoms with Gasteiger partial charge in [0.25, 0.3) is 0 Å². The van der Waals surface area contributed by atoms with Crippen molar-refractivity contribution in [2.45, 2.75) is 39.2 Å². The van der Waals surface area contributed by atoms with Crippen molar-refractivity contribution in [1.29, 1.82) is 0 Å². The summed E-state index contributed by atoms with van der Waals surface area (Å²) in [7, 11) is 0. The lowest BCUT2D eigenvalue weighted by atomic mass is 10.1. The van der Waals surface area contributed by atoms with Crippen molar-refractivity contribution in [2.24, 2.45) is 0 Å². The molecule has 2 rings (SSSR count). The van der Waals surface area contributed by atoms with Gasteiger partial charge >= 0.3 is 0 Å². The third-order valence-electron chi connectivity index (χ3n) is 3.85. The monoisotopic (exact) mass is 304 g/mol. The molecule has 1 N–H and O–H groups in total. The first-order chi connectivity index (χ1) is 10.4. The average molecular weight is 305 g/mol. The zero-order valence-electron chi connectivity index (χ0n) is 13.4. The Morgan fingerprint density at radius 1 is 1.14 bits per heavy atom. The van der Waals surface area contributed by atoms with Gasteiger partial charge in [-0.05, 0) is 62.4 Å². The van der Waals surface area contributed by atoms with Gasteiger partial charge in [0.05, 0.1) is 0 Å². The molecule has 0 atom stereocenters. The van der Waals surface area contributed by atoms with Crippen LogP contribution in [0.1, 0.15) is 31.7 Å². The lowest BCUT2D eigenvalue weighted by Gasteiger charge is -2.03. The summed E-state index contributed by atoms with van der Waals surface area (Å²) in [6.07, 6.45) is 9.42. The van der Waals surface area contributed by atoms with Gasteiger partial charge in [0, 0.05) is 23.6 Å². The van der Waals surface area contributed by atoms with Crippen molar-refractivity contribution in [1.82, 2.24) is 9.88 Å². The minimum Gasteiger partial charge on any atom is -0.347 e. The summed E-state index contributed by atoms with van der Waals surface area (Å²) in [6, 6.07) is 8.84. The highest BCUT2D eigenvalue weighted by atomic mass is 32.2. The Hall–Kier alpha value is -0.930. The van der Waals surface area contributed by atoms with E-state index in [9.17, 15) is 0 Å². The number of fused-ring (bicyclic) bond motifs is 1. The van der Waals surface area contributed by atoms with E-state index < -0.39 is 0 Å². The van der Waals surface area contributed by atoms with Crippen LogP contribution >= 0.6 is 11.8 Å². The maximum Gasteiger partial charge on any atom is 0.0483 e. The normalized spacial score (nSPS) is 11.3. The molecule has 2 aromatic rings. The number of aromatic nitrogens is 1. The van der Waals surface area contributed by atoms with E-state index in [1.807, 2.05) is 11.8 Å². The van der Waals surface area contributed by atoms with Gasteiger partial charge in [-0.3, -0.25) is 0 Å². The third kappa shape index (κ3) is 4.79. The molecule has 0 aliphatic rings. The van der Waals surface area contributed by atoms with E-state index in [0.29, 0.717) is 0 Å². The summed E-state index contributed by atoms with van der Waals surface area (Å²) < 4.78 is 2.44. The van der Waals surface area contributed by atoms with Crippen LogP contribution in [-0.2, 0) is 13.0 Å². The van der Waals surface area contributed by atoms with E-state index in [1.165, 1.54) is 47.9 Å². The fourth-order valence-electron chi connectivity index (χ4n) is 2.79. The molecule has 0 fully saturated rings. The summed E-state index contributed by atoms with van der Waals surface area (Å²) in [5.41, 5.74) is 2.91. The number of nitrogens with zero attached hydrogens (tertiary/aromatic N) is 1. The summed E-state index contributed by atoms with van der Waals surface area (Å²) in [6.45, 7) is 5.61.